The number of rotatable bonds is 5. The topological polar surface area (TPSA) is 109 Å². The number of tetrazole rings is 1. The second-order valence-electron chi connectivity index (χ2n) is 10.3. The highest BCUT2D eigenvalue weighted by molar-refractivity contribution is 7.90. The van der Waals surface area contributed by atoms with Crippen molar-refractivity contribution in [3.63, 3.8) is 0 Å². The van der Waals surface area contributed by atoms with E-state index in [1.165, 1.54) is 11.8 Å². The van der Waals surface area contributed by atoms with E-state index in [0.717, 1.165) is 49.1 Å². The van der Waals surface area contributed by atoms with Crippen LogP contribution in [0.4, 0.5) is 0 Å². The largest absolute Gasteiger partial charge is 0.393 e. The highest BCUT2D eigenvalue weighted by atomic mass is 32.2. The van der Waals surface area contributed by atoms with Crippen LogP contribution >= 0.6 is 0 Å². The van der Waals surface area contributed by atoms with Crippen LogP contribution in [0.1, 0.15) is 37.1 Å². The van der Waals surface area contributed by atoms with Crippen molar-refractivity contribution >= 4 is 9.84 Å². The zero-order valence-electron chi connectivity index (χ0n) is 18.6. The molecule has 0 saturated heterocycles. The first-order chi connectivity index (χ1) is 15.8. The van der Waals surface area contributed by atoms with Crippen LogP contribution in [-0.4, -0.2) is 46.5 Å². The second-order valence-corrected chi connectivity index (χ2v) is 12.3. The molecule has 1 aromatic heterocycles. The second kappa shape index (κ2) is 7.46. The zero-order chi connectivity index (χ0) is 22.8. The first kappa shape index (κ1) is 21.0. The normalized spacial score (nSPS) is 32.8. The first-order valence-corrected chi connectivity index (χ1v) is 13.5. The maximum absolute atomic E-state index is 11.8. The molecular formula is C25H28N4O3S. The number of aromatic nitrogens is 4. The van der Waals surface area contributed by atoms with Crippen LogP contribution in [0, 0.1) is 23.7 Å². The van der Waals surface area contributed by atoms with Gasteiger partial charge in [-0.15, -0.1) is 10.2 Å². The Bertz CT molecular complexity index is 1220. The molecule has 2 N–H and O–H groups in total. The van der Waals surface area contributed by atoms with E-state index in [0.29, 0.717) is 28.6 Å². The van der Waals surface area contributed by atoms with Crippen LogP contribution in [0.2, 0.25) is 0 Å². The minimum Gasteiger partial charge on any atom is -0.393 e. The molecule has 33 heavy (non-hydrogen) atoms. The van der Waals surface area contributed by atoms with Gasteiger partial charge in [-0.1, -0.05) is 41.6 Å². The Morgan fingerprint density at radius 2 is 1.48 bits per heavy atom. The molecule has 0 spiro atoms. The van der Waals surface area contributed by atoms with E-state index in [-0.39, 0.29) is 11.5 Å². The minimum absolute atomic E-state index is 0.0459. The number of H-pyrrole nitrogens is 1. The van der Waals surface area contributed by atoms with Crippen molar-refractivity contribution < 1.29 is 13.5 Å². The Balaban J connectivity index is 1.37. The molecular weight excluding hydrogens is 436 g/mol. The fraction of sp³-hybridized carbons (Fsp3) is 0.480. The van der Waals surface area contributed by atoms with Crippen molar-refractivity contribution in [3.05, 3.63) is 59.9 Å². The van der Waals surface area contributed by atoms with E-state index < -0.39 is 9.84 Å². The van der Waals surface area contributed by atoms with Gasteiger partial charge in [-0.3, -0.25) is 0 Å². The minimum atomic E-state index is -3.21. The average Bonchev–Trinajstić information content (AvgIpc) is 3.30. The molecule has 0 atom stereocenters. The molecule has 0 radical (unpaired) electrons. The number of sulfone groups is 1. The molecule has 4 aliphatic carbocycles. The molecule has 4 fully saturated rings. The predicted octanol–water partition coefficient (Wildman–Crippen LogP) is 3.18. The number of aliphatic hydroxyl groups excluding tert-OH is 1. The van der Waals surface area contributed by atoms with Gasteiger partial charge in [0, 0.05) is 18.1 Å². The van der Waals surface area contributed by atoms with Crippen molar-refractivity contribution in [3.8, 4) is 11.1 Å². The third-order valence-electron chi connectivity index (χ3n) is 8.65. The number of nitrogens with zero attached hydrogens (tertiary/aromatic N) is 3. The van der Waals surface area contributed by atoms with Crippen molar-refractivity contribution in [1.29, 1.82) is 0 Å². The van der Waals surface area contributed by atoms with Gasteiger partial charge in [0.2, 0.25) is 0 Å². The van der Waals surface area contributed by atoms with Crippen LogP contribution in [0.5, 0.6) is 0 Å². The van der Waals surface area contributed by atoms with Crippen LogP contribution < -0.4 is 0 Å². The van der Waals surface area contributed by atoms with Gasteiger partial charge in [0.05, 0.1) is 11.0 Å². The van der Waals surface area contributed by atoms with Gasteiger partial charge in [-0.2, -0.15) is 5.21 Å². The Hall–Kier alpha value is -2.58. The summed E-state index contributed by atoms with van der Waals surface area (Å²) in [6, 6.07) is 15.8. The van der Waals surface area contributed by atoms with Crippen LogP contribution in [-0.2, 0) is 21.7 Å². The molecule has 0 aliphatic heterocycles. The average molecular weight is 465 g/mol. The van der Waals surface area contributed by atoms with E-state index in [9.17, 15) is 13.5 Å². The quantitative estimate of drug-likeness (QED) is 0.600. The zero-order valence-corrected chi connectivity index (χ0v) is 19.4. The van der Waals surface area contributed by atoms with Gasteiger partial charge in [0.15, 0.2) is 15.7 Å². The van der Waals surface area contributed by atoms with E-state index in [2.05, 4.69) is 44.9 Å². The summed E-state index contributed by atoms with van der Waals surface area (Å²) in [7, 11) is -3.21. The van der Waals surface area contributed by atoms with E-state index in [1.54, 1.807) is 12.1 Å². The van der Waals surface area contributed by atoms with Crippen LogP contribution in [0.25, 0.3) is 11.1 Å². The van der Waals surface area contributed by atoms with Gasteiger partial charge in [0.1, 0.15) is 0 Å². The number of aromatic amines is 1. The highest BCUT2D eigenvalue weighted by Gasteiger charge is 2.60. The summed E-state index contributed by atoms with van der Waals surface area (Å²) in [5.41, 5.74) is 3.32. The van der Waals surface area contributed by atoms with Gasteiger partial charge in [0.25, 0.3) is 0 Å². The molecule has 172 valence electrons. The number of aliphatic hydroxyl groups is 1. The Morgan fingerprint density at radius 1 is 0.939 bits per heavy atom. The van der Waals surface area contributed by atoms with Crippen molar-refractivity contribution in [2.75, 3.05) is 6.26 Å². The monoisotopic (exact) mass is 464 g/mol. The molecule has 3 aromatic rings. The summed E-state index contributed by atoms with van der Waals surface area (Å²) in [6.07, 6.45) is 6.07. The summed E-state index contributed by atoms with van der Waals surface area (Å²) < 4.78 is 23.6. The van der Waals surface area contributed by atoms with Gasteiger partial charge < -0.3 is 5.11 Å². The molecule has 1 heterocycles. The van der Waals surface area contributed by atoms with E-state index in [1.807, 2.05) is 12.1 Å². The molecule has 2 aromatic carbocycles. The first-order valence-electron chi connectivity index (χ1n) is 11.7. The standard InChI is InChI=1S/C25H28N4O3S/c1-33(31,32)22-8-4-16(5-9-22)15-2-6-19(7-3-15)25(14-23-26-28-29-27-23)20-10-17-11-21(25)13-18(12-20)24(17)30/h2-9,17-18,20-21,24,30H,10-14H2,1H3,(H,26,27,28,29). The van der Waals surface area contributed by atoms with Gasteiger partial charge in [-0.05, 0) is 78.2 Å². The number of nitrogens with one attached hydrogen (secondary N) is 1. The van der Waals surface area contributed by atoms with Crippen LogP contribution in [0.3, 0.4) is 0 Å². The SMILES string of the molecule is CS(=O)(=O)c1ccc(-c2ccc(C3(Cc4nn[nH]n4)C4CC5CC3CC(C4)C5O)cc2)cc1. The van der Waals surface area contributed by atoms with E-state index >= 15 is 0 Å². The molecule has 7 nitrogen and oxygen atoms in total. The molecule has 4 aliphatic rings. The fourth-order valence-corrected chi connectivity index (χ4v) is 7.84. The van der Waals surface area contributed by atoms with Crippen molar-refractivity contribution in [2.24, 2.45) is 23.7 Å². The lowest BCUT2D eigenvalue weighted by Gasteiger charge is -2.63. The molecule has 8 heteroatoms. The Labute approximate surface area is 193 Å². The van der Waals surface area contributed by atoms with Crippen molar-refractivity contribution in [2.45, 2.75) is 48.5 Å². The van der Waals surface area contributed by atoms with Gasteiger partial charge in [-0.25, -0.2) is 8.42 Å². The van der Waals surface area contributed by atoms with Crippen LogP contribution in [0.15, 0.2) is 53.4 Å². The summed E-state index contributed by atoms with van der Waals surface area (Å²) >= 11 is 0. The lowest BCUT2D eigenvalue weighted by Crippen LogP contribution is -2.61. The fourth-order valence-electron chi connectivity index (χ4n) is 7.21. The summed E-state index contributed by atoms with van der Waals surface area (Å²) in [5, 5.41) is 25.7. The van der Waals surface area contributed by atoms with E-state index in [4.69, 9.17) is 0 Å². The number of hydrogen-bond acceptors (Lipinski definition) is 6. The summed E-state index contributed by atoms with van der Waals surface area (Å²) in [5.74, 6) is 2.59. The third-order valence-corrected chi connectivity index (χ3v) is 9.78. The molecule has 4 saturated carbocycles. The molecule has 7 rings (SSSR count). The highest BCUT2D eigenvalue weighted by Crippen LogP contribution is 2.63. The number of hydrogen-bond donors (Lipinski definition) is 2. The Morgan fingerprint density at radius 3 is 1.97 bits per heavy atom. The molecule has 0 unspecified atom stereocenters. The number of benzene rings is 2. The maximum atomic E-state index is 11.8. The molecule has 0 amide bonds. The summed E-state index contributed by atoms with van der Waals surface area (Å²) in [4.78, 5) is 0.331. The smallest absolute Gasteiger partial charge is 0.175 e. The maximum Gasteiger partial charge on any atom is 0.175 e. The predicted molar refractivity (Wildman–Crippen MR) is 123 cm³/mol. The van der Waals surface area contributed by atoms with Gasteiger partial charge >= 0.3 is 0 Å². The third kappa shape index (κ3) is 3.34. The lowest BCUT2D eigenvalue weighted by atomic mass is 9.42. The van der Waals surface area contributed by atoms with Crippen molar-refractivity contribution in [1.82, 2.24) is 20.6 Å². The lowest BCUT2D eigenvalue weighted by molar-refractivity contribution is -0.136. The summed E-state index contributed by atoms with van der Waals surface area (Å²) in [6.45, 7) is 0. The Kier molecular flexibility index (Phi) is 4.75. The molecule has 4 bridgehead atoms.